The monoisotopic (exact) mass is 133 g/mol. The minimum Gasteiger partial charge on any atom is -0.624 e. The molecule has 0 unspecified atom stereocenters. The molecule has 0 saturated heterocycles. The Kier molecular flexibility index (Phi) is 5.15. The first-order valence-corrected chi connectivity index (χ1v) is 2.80. The molecule has 4 heteroatoms. The molecule has 54 valence electrons. The van der Waals surface area contributed by atoms with Gasteiger partial charge in [-0.2, -0.15) is 0 Å². The molecule has 0 aromatic carbocycles. The predicted octanol–water partition coefficient (Wildman–Crippen LogP) is -1.06. The summed E-state index contributed by atoms with van der Waals surface area (Å²) in [5.74, 6) is 0. The minimum atomic E-state index is -0.147. The van der Waals surface area contributed by atoms with Gasteiger partial charge in [-0.05, 0) is 0 Å². The van der Waals surface area contributed by atoms with Crippen molar-refractivity contribution >= 4 is 6.21 Å². The van der Waals surface area contributed by atoms with E-state index in [0.29, 0.717) is 11.2 Å². The predicted molar refractivity (Wildman–Crippen MR) is 33.3 cm³/mol. The summed E-state index contributed by atoms with van der Waals surface area (Å²) in [6.07, 6.45) is 1.65. The fraction of sp³-hybridized carbons (Fsp3) is 0.800. The summed E-state index contributed by atoms with van der Waals surface area (Å²) in [5, 5.41) is 26.8. The SMILES string of the molecule is [O-][N+](=CCCO)CCO. The Labute approximate surface area is 53.6 Å². The van der Waals surface area contributed by atoms with E-state index in [2.05, 4.69) is 0 Å². The van der Waals surface area contributed by atoms with Crippen molar-refractivity contribution in [3.63, 3.8) is 0 Å². The van der Waals surface area contributed by atoms with Crippen molar-refractivity contribution in [2.24, 2.45) is 0 Å². The van der Waals surface area contributed by atoms with E-state index in [1.807, 2.05) is 0 Å². The van der Waals surface area contributed by atoms with Crippen LogP contribution in [0.25, 0.3) is 0 Å². The van der Waals surface area contributed by atoms with Gasteiger partial charge in [-0.3, -0.25) is 0 Å². The Balaban J connectivity index is 3.30. The fourth-order valence-electron chi connectivity index (χ4n) is 0.392. The molecule has 0 fully saturated rings. The van der Waals surface area contributed by atoms with Gasteiger partial charge in [0.25, 0.3) is 0 Å². The molecular formula is C5H11NO3. The van der Waals surface area contributed by atoms with E-state index < -0.39 is 0 Å². The van der Waals surface area contributed by atoms with Crippen LogP contribution >= 0.6 is 0 Å². The maximum Gasteiger partial charge on any atom is 0.175 e. The summed E-state index contributed by atoms with van der Waals surface area (Å²) >= 11 is 0. The van der Waals surface area contributed by atoms with Crippen LogP contribution in [0.5, 0.6) is 0 Å². The van der Waals surface area contributed by atoms with Gasteiger partial charge in [-0.15, -0.1) is 0 Å². The van der Waals surface area contributed by atoms with Gasteiger partial charge in [0.15, 0.2) is 12.8 Å². The standard InChI is InChI=1S/C5H11NO3/c7-4-1-2-6(9)3-5-8/h2,7-8H,1,3-5H2. The average molecular weight is 133 g/mol. The van der Waals surface area contributed by atoms with E-state index in [1.54, 1.807) is 0 Å². The van der Waals surface area contributed by atoms with E-state index in [1.165, 1.54) is 6.21 Å². The highest BCUT2D eigenvalue weighted by Gasteiger charge is 1.88. The van der Waals surface area contributed by atoms with Gasteiger partial charge in [-0.25, -0.2) is 4.74 Å². The van der Waals surface area contributed by atoms with Crippen LogP contribution < -0.4 is 0 Å². The summed E-state index contributed by atoms with van der Waals surface area (Å²) in [6, 6.07) is 0. The lowest BCUT2D eigenvalue weighted by molar-refractivity contribution is -0.457. The molecule has 0 aliphatic heterocycles. The summed E-state index contributed by atoms with van der Waals surface area (Å²) in [6.45, 7) is -0.0877. The Hall–Kier alpha value is -0.610. The third kappa shape index (κ3) is 5.26. The van der Waals surface area contributed by atoms with Crippen LogP contribution in [0.2, 0.25) is 0 Å². The highest BCUT2D eigenvalue weighted by molar-refractivity contribution is 5.51. The molecular weight excluding hydrogens is 122 g/mol. The lowest BCUT2D eigenvalue weighted by Gasteiger charge is -1.98. The molecule has 0 radical (unpaired) electrons. The molecule has 2 N–H and O–H groups in total. The molecule has 0 rings (SSSR count). The first kappa shape index (κ1) is 8.39. The molecule has 0 bridgehead atoms. The van der Waals surface area contributed by atoms with Crippen molar-refractivity contribution in [1.82, 2.24) is 0 Å². The van der Waals surface area contributed by atoms with Crippen LogP contribution in [0.3, 0.4) is 0 Å². The molecule has 0 aliphatic carbocycles. The molecule has 0 aromatic heterocycles. The Morgan fingerprint density at radius 2 is 2.00 bits per heavy atom. The zero-order valence-corrected chi connectivity index (χ0v) is 5.16. The molecule has 9 heavy (non-hydrogen) atoms. The topological polar surface area (TPSA) is 66.5 Å². The molecule has 0 aliphatic rings. The first-order chi connectivity index (χ1) is 4.31. The molecule has 0 heterocycles. The Morgan fingerprint density at radius 1 is 1.33 bits per heavy atom. The number of hydrogen-bond acceptors (Lipinski definition) is 3. The number of rotatable bonds is 4. The third-order valence-electron chi connectivity index (χ3n) is 0.782. The highest BCUT2D eigenvalue weighted by atomic mass is 16.5. The zero-order valence-electron chi connectivity index (χ0n) is 5.16. The summed E-state index contributed by atoms with van der Waals surface area (Å²) in [7, 11) is 0. The molecule has 0 amide bonds. The van der Waals surface area contributed by atoms with Gasteiger partial charge in [-0.1, -0.05) is 0 Å². The Bertz CT molecular complexity index is 92.2. The van der Waals surface area contributed by atoms with Crippen LogP contribution in [0.1, 0.15) is 6.42 Å². The largest absolute Gasteiger partial charge is 0.624 e. The minimum absolute atomic E-state index is 0.0236. The van der Waals surface area contributed by atoms with Gasteiger partial charge in [0, 0.05) is 6.42 Å². The number of hydroxylamine groups is 1. The van der Waals surface area contributed by atoms with E-state index in [4.69, 9.17) is 10.2 Å². The van der Waals surface area contributed by atoms with Gasteiger partial charge in [0.2, 0.25) is 0 Å². The highest BCUT2D eigenvalue weighted by Crippen LogP contribution is 1.71. The van der Waals surface area contributed by atoms with Crippen LogP contribution in [-0.4, -0.2) is 40.9 Å². The number of aliphatic hydroxyl groups is 2. The van der Waals surface area contributed by atoms with Gasteiger partial charge in [0.05, 0.1) is 6.61 Å². The summed E-state index contributed by atoms with van der Waals surface area (Å²) in [5.41, 5.74) is 0. The Morgan fingerprint density at radius 3 is 2.44 bits per heavy atom. The molecule has 0 aromatic rings. The van der Waals surface area contributed by atoms with E-state index in [-0.39, 0.29) is 19.8 Å². The van der Waals surface area contributed by atoms with Crippen molar-refractivity contribution in [3.05, 3.63) is 5.21 Å². The lowest BCUT2D eigenvalue weighted by Crippen LogP contribution is -2.10. The molecule has 0 atom stereocenters. The first-order valence-electron chi connectivity index (χ1n) is 2.80. The van der Waals surface area contributed by atoms with Crippen molar-refractivity contribution in [1.29, 1.82) is 0 Å². The smallest absolute Gasteiger partial charge is 0.175 e. The summed E-state index contributed by atoms with van der Waals surface area (Å²) in [4.78, 5) is 0. The van der Waals surface area contributed by atoms with E-state index in [9.17, 15) is 5.21 Å². The van der Waals surface area contributed by atoms with Crippen molar-refractivity contribution in [3.8, 4) is 0 Å². The van der Waals surface area contributed by atoms with Crippen LogP contribution in [-0.2, 0) is 0 Å². The molecule has 4 nitrogen and oxygen atoms in total. The second-order valence-corrected chi connectivity index (χ2v) is 1.56. The van der Waals surface area contributed by atoms with Crippen molar-refractivity contribution in [2.75, 3.05) is 19.8 Å². The maximum atomic E-state index is 10.4. The second kappa shape index (κ2) is 5.53. The molecule has 0 saturated carbocycles. The van der Waals surface area contributed by atoms with Crippen molar-refractivity contribution < 1.29 is 15.0 Å². The van der Waals surface area contributed by atoms with Gasteiger partial charge >= 0.3 is 0 Å². The quantitative estimate of drug-likeness (QED) is 0.222. The van der Waals surface area contributed by atoms with Crippen LogP contribution in [0.4, 0.5) is 0 Å². The maximum absolute atomic E-state index is 10.4. The fourth-order valence-corrected chi connectivity index (χ4v) is 0.392. The van der Waals surface area contributed by atoms with Crippen LogP contribution in [0, 0.1) is 5.21 Å². The van der Waals surface area contributed by atoms with Gasteiger partial charge in [0.1, 0.15) is 6.61 Å². The van der Waals surface area contributed by atoms with Gasteiger partial charge < -0.3 is 15.4 Å². The van der Waals surface area contributed by atoms with Crippen molar-refractivity contribution in [2.45, 2.75) is 6.42 Å². The molecule has 0 spiro atoms. The number of aliphatic hydroxyl groups excluding tert-OH is 2. The lowest BCUT2D eigenvalue weighted by atomic mass is 10.5. The third-order valence-corrected chi connectivity index (χ3v) is 0.782. The normalized spacial score (nSPS) is 12.0. The number of hydrogen-bond donors (Lipinski definition) is 2. The average Bonchev–Trinajstić information content (AvgIpc) is 1.85. The van der Waals surface area contributed by atoms with E-state index >= 15 is 0 Å². The zero-order chi connectivity index (χ0) is 7.11. The second-order valence-electron chi connectivity index (χ2n) is 1.56. The number of nitrogens with zero attached hydrogens (tertiary/aromatic N) is 1. The van der Waals surface area contributed by atoms with Crippen LogP contribution in [0.15, 0.2) is 0 Å². The van der Waals surface area contributed by atoms with E-state index in [0.717, 1.165) is 0 Å². The summed E-state index contributed by atoms with van der Waals surface area (Å²) < 4.78 is 0.607.